The third-order valence-corrected chi connectivity index (χ3v) is 2.58. The number of carbonyl (C=O) groups excluding carboxylic acids is 1. The van der Waals surface area contributed by atoms with Gasteiger partial charge in [-0.25, -0.2) is 0 Å². The van der Waals surface area contributed by atoms with Crippen molar-refractivity contribution in [3.05, 3.63) is 35.4 Å². The zero-order chi connectivity index (χ0) is 12.8. The van der Waals surface area contributed by atoms with Crippen LogP contribution in [-0.2, 0) is 4.79 Å². The Kier molecular flexibility index (Phi) is 4.68. The van der Waals surface area contributed by atoms with Gasteiger partial charge in [0.1, 0.15) is 0 Å². The molecule has 0 aromatic heterocycles. The fourth-order valence-electron chi connectivity index (χ4n) is 1.73. The van der Waals surface area contributed by atoms with Gasteiger partial charge >= 0.3 is 0 Å². The first-order valence-corrected chi connectivity index (χ1v) is 5.57. The molecule has 0 fully saturated rings. The highest BCUT2D eigenvalue weighted by atomic mass is 16.1. The molecule has 3 N–H and O–H groups in total. The van der Waals surface area contributed by atoms with Crippen molar-refractivity contribution < 1.29 is 4.79 Å². The summed E-state index contributed by atoms with van der Waals surface area (Å²) in [5.74, 6) is -0.308. The Labute approximate surface area is 101 Å². The number of amides is 1. The lowest BCUT2D eigenvalue weighted by Crippen LogP contribution is -2.32. The van der Waals surface area contributed by atoms with E-state index in [1.807, 2.05) is 26.0 Å². The third kappa shape index (κ3) is 4.25. The molecule has 0 spiro atoms. The second-order valence-corrected chi connectivity index (χ2v) is 4.19. The topological polar surface area (TPSA) is 78.9 Å². The summed E-state index contributed by atoms with van der Waals surface area (Å²) in [4.78, 5) is 10.8. The first-order chi connectivity index (χ1) is 8.02. The number of benzene rings is 1. The van der Waals surface area contributed by atoms with Crippen LogP contribution in [0.1, 0.15) is 37.4 Å². The lowest BCUT2D eigenvalue weighted by atomic mass is 10.1. The number of rotatable bonds is 5. The molecule has 2 unspecified atom stereocenters. The molecule has 0 radical (unpaired) electrons. The van der Waals surface area contributed by atoms with Gasteiger partial charge in [0.05, 0.1) is 11.6 Å². The van der Waals surface area contributed by atoms with Gasteiger partial charge < -0.3 is 11.1 Å². The maximum atomic E-state index is 10.8. The van der Waals surface area contributed by atoms with Gasteiger partial charge in [-0.2, -0.15) is 5.26 Å². The molecule has 0 saturated carbocycles. The molecule has 4 nitrogen and oxygen atoms in total. The molecule has 0 aliphatic rings. The molecule has 2 atom stereocenters. The van der Waals surface area contributed by atoms with Crippen LogP contribution in [0.4, 0.5) is 0 Å². The normalized spacial score (nSPS) is 13.7. The molecule has 4 heteroatoms. The van der Waals surface area contributed by atoms with E-state index in [1.54, 1.807) is 12.1 Å². The Morgan fingerprint density at radius 1 is 1.41 bits per heavy atom. The van der Waals surface area contributed by atoms with E-state index in [2.05, 4.69) is 11.4 Å². The monoisotopic (exact) mass is 231 g/mol. The Morgan fingerprint density at radius 3 is 2.47 bits per heavy atom. The van der Waals surface area contributed by atoms with E-state index >= 15 is 0 Å². The fourth-order valence-corrected chi connectivity index (χ4v) is 1.73. The van der Waals surface area contributed by atoms with Crippen LogP contribution in [0.5, 0.6) is 0 Å². The van der Waals surface area contributed by atoms with Crippen LogP contribution in [0.25, 0.3) is 0 Å². The Bertz CT molecular complexity index is 419. The highest BCUT2D eigenvalue weighted by Crippen LogP contribution is 2.14. The molecule has 1 aromatic carbocycles. The minimum Gasteiger partial charge on any atom is -0.370 e. The van der Waals surface area contributed by atoms with Crippen LogP contribution in [-0.4, -0.2) is 11.9 Å². The molecule has 0 bridgehead atoms. The number of nitrogens with zero attached hydrogens (tertiary/aromatic N) is 1. The van der Waals surface area contributed by atoms with Crippen LogP contribution in [0.2, 0.25) is 0 Å². The predicted molar refractivity (Wildman–Crippen MR) is 66.0 cm³/mol. The summed E-state index contributed by atoms with van der Waals surface area (Å²) in [7, 11) is 0. The van der Waals surface area contributed by atoms with E-state index in [0.717, 1.165) is 5.56 Å². The summed E-state index contributed by atoms with van der Waals surface area (Å²) < 4.78 is 0. The number of hydrogen-bond donors (Lipinski definition) is 2. The molecule has 0 aliphatic carbocycles. The second-order valence-electron chi connectivity index (χ2n) is 4.19. The van der Waals surface area contributed by atoms with Crippen LogP contribution < -0.4 is 11.1 Å². The molecule has 0 saturated heterocycles. The predicted octanol–water partition coefficient (Wildman–Crippen LogP) is 1.47. The van der Waals surface area contributed by atoms with Crippen molar-refractivity contribution >= 4 is 5.91 Å². The standard InChI is InChI=1S/C13H17N3O/c1-9(7-13(15)17)16-10(2)12-5-3-11(8-14)4-6-12/h3-6,9-10,16H,7H2,1-2H3,(H2,15,17). The van der Waals surface area contributed by atoms with Crippen LogP contribution >= 0.6 is 0 Å². The lowest BCUT2D eigenvalue weighted by Gasteiger charge is -2.19. The first-order valence-electron chi connectivity index (χ1n) is 5.57. The third-order valence-electron chi connectivity index (χ3n) is 2.58. The van der Waals surface area contributed by atoms with Gasteiger partial charge in [-0.3, -0.25) is 4.79 Å². The summed E-state index contributed by atoms with van der Waals surface area (Å²) in [6.45, 7) is 3.93. The van der Waals surface area contributed by atoms with Gasteiger partial charge in [-0.1, -0.05) is 12.1 Å². The van der Waals surface area contributed by atoms with Crippen LogP contribution in [0.3, 0.4) is 0 Å². The lowest BCUT2D eigenvalue weighted by molar-refractivity contribution is -0.118. The van der Waals surface area contributed by atoms with E-state index in [9.17, 15) is 4.79 Å². The summed E-state index contributed by atoms with van der Waals surface area (Å²) >= 11 is 0. The van der Waals surface area contributed by atoms with Crippen molar-refractivity contribution in [2.45, 2.75) is 32.4 Å². The van der Waals surface area contributed by atoms with Crippen molar-refractivity contribution in [1.29, 1.82) is 5.26 Å². The maximum Gasteiger partial charge on any atom is 0.218 e. The first kappa shape index (κ1) is 13.2. The summed E-state index contributed by atoms with van der Waals surface area (Å²) in [6.07, 6.45) is 0.320. The zero-order valence-corrected chi connectivity index (χ0v) is 10.1. The van der Waals surface area contributed by atoms with Gasteiger partial charge in [0.15, 0.2) is 0 Å². The summed E-state index contributed by atoms with van der Waals surface area (Å²) in [5.41, 5.74) is 6.86. The quantitative estimate of drug-likeness (QED) is 0.805. The van der Waals surface area contributed by atoms with Gasteiger partial charge in [-0.15, -0.1) is 0 Å². The number of hydrogen-bond acceptors (Lipinski definition) is 3. The molecule has 17 heavy (non-hydrogen) atoms. The number of nitriles is 1. The smallest absolute Gasteiger partial charge is 0.218 e. The number of primary amides is 1. The van der Waals surface area contributed by atoms with Gasteiger partial charge in [0.2, 0.25) is 5.91 Å². The average molecular weight is 231 g/mol. The molecular formula is C13H17N3O. The molecule has 1 rings (SSSR count). The summed E-state index contributed by atoms with van der Waals surface area (Å²) in [5, 5.41) is 12.0. The van der Waals surface area contributed by atoms with Crippen molar-refractivity contribution in [3.8, 4) is 6.07 Å². The second kappa shape index (κ2) is 6.02. The van der Waals surface area contributed by atoms with Gasteiger partial charge in [0.25, 0.3) is 0 Å². The van der Waals surface area contributed by atoms with E-state index < -0.39 is 0 Å². The zero-order valence-electron chi connectivity index (χ0n) is 10.1. The Hall–Kier alpha value is -1.86. The molecule has 1 aromatic rings. The number of nitrogens with two attached hydrogens (primary N) is 1. The highest BCUT2D eigenvalue weighted by molar-refractivity contribution is 5.74. The Balaban J connectivity index is 2.60. The maximum absolute atomic E-state index is 10.8. The number of carbonyl (C=O) groups is 1. The van der Waals surface area contributed by atoms with Crippen LogP contribution in [0, 0.1) is 11.3 Å². The number of nitrogens with one attached hydrogen (secondary N) is 1. The summed E-state index contributed by atoms with van der Waals surface area (Å²) in [6, 6.07) is 9.63. The van der Waals surface area contributed by atoms with Crippen LogP contribution in [0.15, 0.2) is 24.3 Å². The molecular weight excluding hydrogens is 214 g/mol. The minimum atomic E-state index is -0.308. The van der Waals surface area contributed by atoms with Crippen molar-refractivity contribution in [2.24, 2.45) is 5.73 Å². The molecule has 0 heterocycles. The molecule has 0 aliphatic heterocycles. The van der Waals surface area contributed by atoms with Gasteiger partial charge in [-0.05, 0) is 31.5 Å². The molecule has 90 valence electrons. The molecule has 1 amide bonds. The van der Waals surface area contributed by atoms with E-state index in [1.165, 1.54) is 0 Å². The average Bonchev–Trinajstić information content (AvgIpc) is 2.28. The van der Waals surface area contributed by atoms with Gasteiger partial charge in [0, 0.05) is 18.5 Å². The van der Waals surface area contributed by atoms with Crippen molar-refractivity contribution in [1.82, 2.24) is 5.32 Å². The minimum absolute atomic E-state index is 0.0399. The largest absolute Gasteiger partial charge is 0.370 e. The van der Waals surface area contributed by atoms with E-state index in [4.69, 9.17) is 11.0 Å². The van der Waals surface area contributed by atoms with Crippen molar-refractivity contribution in [3.63, 3.8) is 0 Å². The fraction of sp³-hybridized carbons (Fsp3) is 0.385. The van der Waals surface area contributed by atoms with E-state index in [0.29, 0.717) is 12.0 Å². The Morgan fingerprint density at radius 2 is 2.00 bits per heavy atom. The highest BCUT2D eigenvalue weighted by Gasteiger charge is 2.11. The van der Waals surface area contributed by atoms with Crippen molar-refractivity contribution in [2.75, 3.05) is 0 Å². The van der Waals surface area contributed by atoms with E-state index in [-0.39, 0.29) is 18.0 Å². The SMILES string of the molecule is CC(CC(N)=O)NC(C)c1ccc(C#N)cc1.